The van der Waals surface area contributed by atoms with Gasteiger partial charge in [-0.25, -0.2) is 15.0 Å². The molecule has 0 bridgehead atoms. The highest BCUT2D eigenvalue weighted by Gasteiger charge is 2.15. The molecule has 5 aromatic rings. The standard InChI is InChI=1S/C26H25N7O/c1-16(19-5-4-6-20-21(26(34)27-3)7-9-28-25(19)20)13-29-23-12-22(31-15-32-23)18-8-10-33-17(2)14-30-24(33)11-18/h4-12,14-16H,13H2,1-3H3,(H,27,34)(H,29,31,32)/t16-/m0/s1. The number of nitrogens with one attached hydrogen (secondary N) is 2. The monoisotopic (exact) mass is 451 g/mol. The van der Waals surface area contributed by atoms with Crippen molar-refractivity contribution in [3.63, 3.8) is 0 Å². The number of aryl methyl sites for hydroxylation is 1. The van der Waals surface area contributed by atoms with Gasteiger partial charge in [-0.05, 0) is 30.7 Å². The van der Waals surface area contributed by atoms with Crippen molar-refractivity contribution < 1.29 is 4.79 Å². The highest BCUT2D eigenvalue weighted by molar-refractivity contribution is 6.06. The summed E-state index contributed by atoms with van der Waals surface area (Å²) >= 11 is 0. The van der Waals surface area contributed by atoms with Crippen LogP contribution in [0.2, 0.25) is 0 Å². The number of fused-ring (bicyclic) bond motifs is 2. The van der Waals surface area contributed by atoms with E-state index in [2.05, 4.69) is 43.6 Å². The predicted molar refractivity (Wildman–Crippen MR) is 133 cm³/mol. The minimum atomic E-state index is -0.118. The largest absolute Gasteiger partial charge is 0.369 e. The Hall–Kier alpha value is -4.33. The highest BCUT2D eigenvalue weighted by atomic mass is 16.1. The molecule has 0 radical (unpaired) electrons. The zero-order valence-electron chi connectivity index (χ0n) is 19.3. The van der Waals surface area contributed by atoms with Crippen LogP contribution in [-0.2, 0) is 0 Å². The third-order valence-electron chi connectivity index (χ3n) is 6.06. The number of carbonyl (C=O) groups excluding carboxylic acids is 1. The number of aromatic nitrogens is 5. The van der Waals surface area contributed by atoms with Crippen LogP contribution in [0.15, 0.2) is 67.4 Å². The van der Waals surface area contributed by atoms with Gasteiger partial charge in [0.1, 0.15) is 17.8 Å². The van der Waals surface area contributed by atoms with Gasteiger partial charge in [0.05, 0.1) is 16.8 Å². The quantitative estimate of drug-likeness (QED) is 0.401. The molecule has 0 aliphatic rings. The van der Waals surface area contributed by atoms with Crippen molar-refractivity contribution >= 4 is 28.3 Å². The molecule has 1 amide bonds. The number of hydrogen-bond donors (Lipinski definition) is 2. The molecule has 1 aromatic carbocycles. The van der Waals surface area contributed by atoms with Crippen molar-refractivity contribution in [2.24, 2.45) is 0 Å². The Balaban J connectivity index is 1.37. The lowest BCUT2D eigenvalue weighted by molar-refractivity contribution is 0.0964. The van der Waals surface area contributed by atoms with Crippen LogP contribution in [0.4, 0.5) is 5.82 Å². The Bertz CT molecular complexity index is 1510. The van der Waals surface area contributed by atoms with Gasteiger partial charge < -0.3 is 15.0 Å². The molecule has 8 heteroatoms. The molecule has 34 heavy (non-hydrogen) atoms. The van der Waals surface area contributed by atoms with Gasteiger partial charge in [-0.1, -0.05) is 25.1 Å². The number of pyridine rings is 2. The molecule has 0 aliphatic carbocycles. The van der Waals surface area contributed by atoms with Gasteiger partial charge in [0.2, 0.25) is 0 Å². The topological polar surface area (TPSA) is 97.1 Å². The number of imidazole rings is 1. The highest BCUT2D eigenvalue weighted by Crippen LogP contribution is 2.27. The third-order valence-corrected chi connectivity index (χ3v) is 6.06. The molecule has 170 valence electrons. The number of amides is 1. The van der Waals surface area contributed by atoms with Crippen LogP contribution in [0.25, 0.3) is 27.8 Å². The number of anilines is 1. The SMILES string of the molecule is CNC(=O)c1ccnc2c([C@@H](C)CNc3cc(-c4ccn5c(C)cnc5c4)ncn3)cccc12. The van der Waals surface area contributed by atoms with E-state index in [-0.39, 0.29) is 11.8 Å². The minimum Gasteiger partial charge on any atom is -0.369 e. The van der Waals surface area contributed by atoms with E-state index in [1.807, 2.05) is 54.0 Å². The fourth-order valence-corrected chi connectivity index (χ4v) is 4.18. The molecule has 0 unspecified atom stereocenters. The molecular weight excluding hydrogens is 426 g/mol. The van der Waals surface area contributed by atoms with E-state index in [9.17, 15) is 4.79 Å². The summed E-state index contributed by atoms with van der Waals surface area (Å²) in [6.07, 6.45) is 7.11. The van der Waals surface area contributed by atoms with Crippen molar-refractivity contribution in [3.8, 4) is 11.3 Å². The lowest BCUT2D eigenvalue weighted by atomic mass is 9.96. The summed E-state index contributed by atoms with van der Waals surface area (Å²) < 4.78 is 2.04. The van der Waals surface area contributed by atoms with Gasteiger partial charge in [-0.3, -0.25) is 9.78 Å². The Labute approximate surface area is 197 Å². The zero-order chi connectivity index (χ0) is 23.7. The second kappa shape index (κ2) is 8.90. The maximum Gasteiger partial charge on any atom is 0.251 e. The van der Waals surface area contributed by atoms with Crippen LogP contribution in [-0.4, -0.2) is 43.8 Å². The van der Waals surface area contributed by atoms with Crippen molar-refractivity contribution in [2.75, 3.05) is 18.9 Å². The van der Waals surface area contributed by atoms with Gasteiger partial charge in [0.15, 0.2) is 0 Å². The number of rotatable bonds is 6. The summed E-state index contributed by atoms with van der Waals surface area (Å²) in [5, 5.41) is 6.98. The molecule has 0 saturated heterocycles. The van der Waals surface area contributed by atoms with E-state index >= 15 is 0 Å². The average molecular weight is 452 g/mol. The maximum absolute atomic E-state index is 12.3. The Morgan fingerprint density at radius 1 is 1.09 bits per heavy atom. The number of para-hydroxylation sites is 1. The van der Waals surface area contributed by atoms with E-state index in [0.29, 0.717) is 12.1 Å². The summed E-state index contributed by atoms with van der Waals surface area (Å²) in [4.78, 5) is 30.1. The Kier molecular flexibility index (Phi) is 5.63. The summed E-state index contributed by atoms with van der Waals surface area (Å²) in [7, 11) is 1.63. The van der Waals surface area contributed by atoms with E-state index in [1.54, 1.807) is 25.6 Å². The van der Waals surface area contributed by atoms with Crippen molar-refractivity contribution in [1.29, 1.82) is 0 Å². The second-order valence-electron chi connectivity index (χ2n) is 8.29. The van der Waals surface area contributed by atoms with Crippen molar-refractivity contribution in [3.05, 3.63) is 84.2 Å². The lowest BCUT2D eigenvalue weighted by Crippen LogP contribution is -2.18. The van der Waals surface area contributed by atoms with Gasteiger partial charge in [0.25, 0.3) is 5.91 Å². The van der Waals surface area contributed by atoms with Crippen molar-refractivity contribution in [1.82, 2.24) is 29.7 Å². The van der Waals surface area contributed by atoms with Crippen LogP contribution < -0.4 is 10.6 Å². The summed E-state index contributed by atoms with van der Waals surface area (Å²) in [6.45, 7) is 4.81. The molecule has 0 aliphatic heterocycles. The normalized spacial score (nSPS) is 12.1. The summed E-state index contributed by atoms with van der Waals surface area (Å²) in [6, 6.07) is 13.7. The first kappa shape index (κ1) is 21.5. The van der Waals surface area contributed by atoms with Crippen LogP contribution >= 0.6 is 0 Å². The average Bonchev–Trinajstić information content (AvgIpc) is 3.26. The molecule has 2 N–H and O–H groups in total. The molecule has 0 fully saturated rings. The van der Waals surface area contributed by atoms with Crippen LogP contribution in [0, 0.1) is 6.92 Å². The minimum absolute atomic E-state index is 0.118. The molecule has 1 atom stereocenters. The van der Waals surface area contributed by atoms with Gasteiger partial charge in [-0.2, -0.15) is 0 Å². The molecule has 0 spiro atoms. The number of hydrogen-bond acceptors (Lipinski definition) is 6. The van der Waals surface area contributed by atoms with E-state index in [0.717, 1.165) is 44.9 Å². The van der Waals surface area contributed by atoms with Gasteiger partial charge >= 0.3 is 0 Å². The fraction of sp³-hybridized carbons (Fsp3) is 0.192. The molecule has 5 rings (SSSR count). The number of nitrogens with zero attached hydrogens (tertiary/aromatic N) is 5. The Morgan fingerprint density at radius 3 is 2.82 bits per heavy atom. The lowest BCUT2D eigenvalue weighted by Gasteiger charge is -2.16. The van der Waals surface area contributed by atoms with Gasteiger partial charge in [-0.15, -0.1) is 0 Å². The smallest absolute Gasteiger partial charge is 0.251 e. The first-order valence-electron chi connectivity index (χ1n) is 11.1. The third kappa shape index (κ3) is 3.94. The van der Waals surface area contributed by atoms with E-state index in [1.165, 1.54) is 0 Å². The van der Waals surface area contributed by atoms with E-state index < -0.39 is 0 Å². The Morgan fingerprint density at radius 2 is 1.97 bits per heavy atom. The first-order valence-corrected chi connectivity index (χ1v) is 11.1. The van der Waals surface area contributed by atoms with E-state index in [4.69, 9.17) is 0 Å². The molecule has 8 nitrogen and oxygen atoms in total. The number of carbonyl (C=O) groups is 1. The molecule has 4 heterocycles. The maximum atomic E-state index is 12.3. The van der Waals surface area contributed by atoms with Crippen molar-refractivity contribution in [2.45, 2.75) is 19.8 Å². The van der Waals surface area contributed by atoms with Crippen LogP contribution in [0.5, 0.6) is 0 Å². The summed E-state index contributed by atoms with van der Waals surface area (Å²) in [5.41, 5.74) is 6.32. The summed E-state index contributed by atoms with van der Waals surface area (Å²) in [5.74, 6) is 0.766. The second-order valence-corrected chi connectivity index (χ2v) is 8.29. The first-order chi connectivity index (χ1) is 16.5. The molecular formula is C26H25N7O. The molecule has 0 saturated carbocycles. The van der Waals surface area contributed by atoms with Gasteiger partial charge in [0, 0.05) is 60.8 Å². The number of benzene rings is 1. The van der Waals surface area contributed by atoms with Crippen LogP contribution in [0.1, 0.15) is 34.5 Å². The predicted octanol–water partition coefficient (Wildman–Crippen LogP) is 4.22. The molecule has 4 aromatic heterocycles. The fourth-order valence-electron chi connectivity index (χ4n) is 4.18. The zero-order valence-corrected chi connectivity index (χ0v) is 19.3. The van der Waals surface area contributed by atoms with Crippen LogP contribution in [0.3, 0.4) is 0 Å².